The molecule has 0 radical (unpaired) electrons. The summed E-state index contributed by atoms with van der Waals surface area (Å²) >= 11 is 0. The molecule has 8 aromatic rings. The largest absolute Gasteiger partial charge is 0.507 e. The molecule has 2 aromatic heterocycles. The summed E-state index contributed by atoms with van der Waals surface area (Å²) in [7, 11) is 0. The Balaban J connectivity index is 0.00000420. The van der Waals surface area contributed by atoms with Crippen molar-refractivity contribution < 1.29 is 26.2 Å². The first-order valence-electron chi connectivity index (χ1n) is 17.6. The zero-order chi connectivity index (χ0) is 35.3. The molecule has 0 aliphatic rings. The predicted molar refractivity (Wildman–Crippen MR) is 211 cm³/mol. The van der Waals surface area contributed by atoms with Crippen LogP contribution in [0, 0.1) is 6.07 Å². The molecule has 0 fully saturated rings. The number of hydrogen-bond acceptors (Lipinski definition) is 3. The maximum Gasteiger partial charge on any atom is 0.148 e. The Kier molecular flexibility index (Phi) is 9.46. The van der Waals surface area contributed by atoms with Gasteiger partial charge in [0.15, 0.2) is 0 Å². The second-order valence-electron chi connectivity index (χ2n) is 14.6. The van der Waals surface area contributed by atoms with Gasteiger partial charge in [-0.2, -0.15) is 0 Å². The Bertz CT molecular complexity index is 2550. The van der Waals surface area contributed by atoms with Crippen LogP contribution >= 0.6 is 0 Å². The Morgan fingerprint density at radius 2 is 1.37 bits per heavy atom. The third-order valence-corrected chi connectivity index (χ3v) is 9.75. The fourth-order valence-electron chi connectivity index (χ4n) is 6.93. The zero-order valence-corrected chi connectivity index (χ0v) is 32.2. The number of fused-ring (bicyclic) bond motifs is 2. The van der Waals surface area contributed by atoms with Gasteiger partial charge in [-0.25, -0.2) is 4.98 Å². The van der Waals surface area contributed by atoms with E-state index in [1.54, 1.807) is 6.07 Å². The third kappa shape index (κ3) is 6.48. The molecule has 1 N–H and O–H groups in total. The van der Waals surface area contributed by atoms with Gasteiger partial charge in [-0.05, 0) is 75.9 Å². The van der Waals surface area contributed by atoms with Crippen molar-refractivity contribution in [3.05, 3.63) is 157 Å². The molecule has 52 heavy (non-hydrogen) atoms. The molecule has 260 valence electrons. The molecule has 0 spiro atoms. The fraction of sp³-hybridized carbons (Fsp3) is 0.149. The molecule has 0 bridgehead atoms. The molecule has 5 heteroatoms. The third-order valence-electron chi connectivity index (χ3n) is 9.75. The molecule has 0 aliphatic carbocycles. The van der Waals surface area contributed by atoms with E-state index in [4.69, 9.17) is 9.97 Å². The molecule has 0 unspecified atom stereocenters. The summed E-state index contributed by atoms with van der Waals surface area (Å²) in [6.07, 6.45) is 1.86. The topological polar surface area (TPSA) is 50.9 Å². The van der Waals surface area contributed by atoms with Gasteiger partial charge in [0.05, 0.1) is 16.6 Å². The summed E-state index contributed by atoms with van der Waals surface area (Å²) in [4.78, 5) is 10.2. The second-order valence-corrected chi connectivity index (χ2v) is 14.6. The molecule has 2 heterocycles. The molecular weight excluding hydrogens is 818 g/mol. The number of aromatic hydroxyl groups is 1. The maximum absolute atomic E-state index is 11.3. The van der Waals surface area contributed by atoms with Gasteiger partial charge in [0.2, 0.25) is 0 Å². The molecule has 8 rings (SSSR count). The van der Waals surface area contributed by atoms with Gasteiger partial charge in [0.1, 0.15) is 11.6 Å². The summed E-state index contributed by atoms with van der Waals surface area (Å²) < 4.78 is 2.16. The number of rotatable bonds is 6. The van der Waals surface area contributed by atoms with Crippen LogP contribution in [0.2, 0.25) is 0 Å². The van der Waals surface area contributed by atoms with Crippen molar-refractivity contribution in [2.45, 2.75) is 46.0 Å². The van der Waals surface area contributed by atoms with Crippen LogP contribution in [0.3, 0.4) is 0 Å². The number of phenols is 1. The molecule has 0 amide bonds. The monoisotopic (exact) mass is 857 g/mol. The molecule has 0 saturated heterocycles. The summed E-state index contributed by atoms with van der Waals surface area (Å²) in [5.41, 5.74) is 12.9. The van der Waals surface area contributed by atoms with Crippen LogP contribution in [0.1, 0.15) is 51.7 Å². The van der Waals surface area contributed by atoms with Gasteiger partial charge in [0.25, 0.3) is 0 Å². The standard InChI is InChI=1S/C47H40N3O.Pt/c1-30(2)33-25-35(27-36(26-33)40-28-34(31-14-8-6-9-15-31)24-32-16-13-23-48-44(32)40)39-19-12-20-42-45(39)49-46(50(42)38-17-10-7-11-18-38)41-29-37(47(3,4)5)21-22-43(41)51;/h6-26,28-30,51H,1-5H3;/q-1;. The summed E-state index contributed by atoms with van der Waals surface area (Å²) in [6, 6.07) is 49.9. The molecule has 0 atom stereocenters. The quantitative estimate of drug-likeness (QED) is 0.170. The van der Waals surface area contributed by atoms with E-state index < -0.39 is 0 Å². The number of para-hydroxylation sites is 2. The van der Waals surface area contributed by atoms with Gasteiger partial charge in [-0.1, -0.05) is 125 Å². The minimum Gasteiger partial charge on any atom is -0.507 e. The van der Waals surface area contributed by atoms with Gasteiger partial charge >= 0.3 is 0 Å². The Hall–Kier alpha value is -5.31. The number of phenolic OH excluding ortho intramolecular Hbond substituents is 1. The predicted octanol–water partition coefficient (Wildman–Crippen LogP) is 12.2. The average Bonchev–Trinajstić information content (AvgIpc) is 3.54. The maximum atomic E-state index is 11.3. The first-order chi connectivity index (χ1) is 24.7. The van der Waals surface area contributed by atoms with Crippen LogP contribution in [0.25, 0.3) is 72.4 Å². The minimum atomic E-state index is -0.101. The van der Waals surface area contributed by atoms with Crippen molar-refractivity contribution in [3.8, 4) is 56.2 Å². The number of imidazole rings is 1. The Morgan fingerprint density at radius 1 is 0.654 bits per heavy atom. The summed E-state index contributed by atoms with van der Waals surface area (Å²) in [6.45, 7) is 11.0. The SMILES string of the molecule is CC(C)c1cc(-c2cc(-c3ccccc3)cc3cccnc23)[c-]c(-c2cccc3c2nc(-c2cc(C(C)(C)C)ccc2O)n3-c2ccccc2)c1.[Pt]. The van der Waals surface area contributed by atoms with E-state index in [1.165, 1.54) is 5.56 Å². The molecule has 4 nitrogen and oxygen atoms in total. The van der Waals surface area contributed by atoms with E-state index >= 15 is 0 Å². The Morgan fingerprint density at radius 3 is 2.08 bits per heavy atom. The Labute approximate surface area is 320 Å². The van der Waals surface area contributed by atoms with Crippen molar-refractivity contribution in [3.63, 3.8) is 0 Å². The molecule has 0 aliphatic heterocycles. The minimum absolute atomic E-state index is 0. The number of nitrogens with zero attached hydrogens (tertiary/aromatic N) is 3. The smallest absolute Gasteiger partial charge is 0.148 e. The van der Waals surface area contributed by atoms with Crippen LogP contribution < -0.4 is 0 Å². The fourth-order valence-corrected chi connectivity index (χ4v) is 6.93. The van der Waals surface area contributed by atoms with Crippen LogP contribution in [0.4, 0.5) is 0 Å². The average molecular weight is 858 g/mol. The first-order valence-corrected chi connectivity index (χ1v) is 17.6. The van der Waals surface area contributed by atoms with Crippen molar-refractivity contribution in [2.24, 2.45) is 0 Å². The van der Waals surface area contributed by atoms with E-state index in [1.807, 2.05) is 42.6 Å². The van der Waals surface area contributed by atoms with Crippen molar-refractivity contribution in [2.75, 3.05) is 0 Å². The number of aromatic nitrogens is 3. The van der Waals surface area contributed by atoms with E-state index in [2.05, 4.69) is 136 Å². The van der Waals surface area contributed by atoms with Crippen molar-refractivity contribution in [1.29, 1.82) is 0 Å². The number of pyridine rings is 1. The van der Waals surface area contributed by atoms with Gasteiger partial charge in [-0.15, -0.1) is 34.9 Å². The normalized spacial score (nSPS) is 11.7. The molecule has 0 saturated carbocycles. The summed E-state index contributed by atoms with van der Waals surface area (Å²) in [5, 5.41) is 12.4. The van der Waals surface area contributed by atoms with Crippen LogP contribution in [-0.2, 0) is 26.5 Å². The van der Waals surface area contributed by atoms with Gasteiger partial charge in [0, 0.05) is 38.5 Å². The first kappa shape index (κ1) is 35.1. The summed E-state index contributed by atoms with van der Waals surface area (Å²) in [5.74, 6) is 1.17. The van der Waals surface area contributed by atoms with Gasteiger partial charge < -0.3 is 5.11 Å². The van der Waals surface area contributed by atoms with Crippen LogP contribution in [-0.4, -0.2) is 19.6 Å². The van der Waals surface area contributed by atoms with E-state index in [0.29, 0.717) is 11.4 Å². The van der Waals surface area contributed by atoms with E-state index in [0.717, 1.165) is 66.6 Å². The van der Waals surface area contributed by atoms with Crippen LogP contribution in [0.15, 0.2) is 140 Å². The zero-order valence-electron chi connectivity index (χ0n) is 30.0. The van der Waals surface area contributed by atoms with Crippen molar-refractivity contribution >= 4 is 21.9 Å². The molecule has 6 aromatic carbocycles. The van der Waals surface area contributed by atoms with Gasteiger partial charge in [-0.3, -0.25) is 9.55 Å². The van der Waals surface area contributed by atoms with E-state index in [-0.39, 0.29) is 38.1 Å². The number of benzene rings is 6. The molecular formula is C47H40N3OPt-. The second kappa shape index (κ2) is 14.0. The van der Waals surface area contributed by atoms with Crippen molar-refractivity contribution in [1.82, 2.24) is 14.5 Å². The number of hydrogen-bond donors (Lipinski definition) is 1. The van der Waals surface area contributed by atoms with E-state index in [9.17, 15) is 5.11 Å². The van der Waals surface area contributed by atoms with Crippen LogP contribution in [0.5, 0.6) is 5.75 Å².